The second kappa shape index (κ2) is 6.32. The van der Waals surface area contributed by atoms with E-state index in [2.05, 4.69) is 5.32 Å². The lowest BCUT2D eigenvalue weighted by molar-refractivity contribution is 0.0924. The summed E-state index contributed by atoms with van der Waals surface area (Å²) in [4.78, 5) is 11.3. The number of halogens is 2. The quantitative estimate of drug-likeness (QED) is 0.841. The van der Waals surface area contributed by atoms with Crippen molar-refractivity contribution in [2.24, 2.45) is 11.3 Å². The SMILES string of the molecule is CC(C)C(C)(C)CNC(=O)c1ccc(F)c(S(=O)(=O)Cl)c1. The summed E-state index contributed by atoms with van der Waals surface area (Å²) < 4.78 is 35.9. The van der Waals surface area contributed by atoms with Gasteiger partial charge in [0.2, 0.25) is 0 Å². The van der Waals surface area contributed by atoms with Crippen LogP contribution in [0.3, 0.4) is 0 Å². The topological polar surface area (TPSA) is 63.2 Å². The van der Waals surface area contributed by atoms with E-state index in [1.807, 2.05) is 27.7 Å². The van der Waals surface area contributed by atoms with Crippen molar-refractivity contribution in [1.29, 1.82) is 0 Å². The van der Waals surface area contributed by atoms with Crippen LogP contribution in [0.15, 0.2) is 23.1 Å². The lowest BCUT2D eigenvalue weighted by Crippen LogP contribution is -2.37. The number of hydrogen-bond acceptors (Lipinski definition) is 3. The van der Waals surface area contributed by atoms with Gasteiger partial charge in [0, 0.05) is 22.8 Å². The van der Waals surface area contributed by atoms with Crippen molar-refractivity contribution in [1.82, 2.24) is 5.32 Å². The van der Waals surface area contributed by atoms with Crippen LogP contribution in [0.5, 0.6) is 0 Å². The molecular formula is C14H19ClFNO3S. The molecule has 0 radical (unpaired) electrons. The monoisotopic (exact) mass is 335 g/mol. The molecule has 1 N–H and O–H groups in total. The van der Waals surface area contributed by atoms with Gasteiger partial charge in [-0.05, 0) is 29.5 Å². The third-order valence-electron chi connectivity index (χ3n) is 3.72. The maximum atomic E-state index is 13.4. The van der Waals surface area contributed by atoms with Gasteiger partial charge in [0.1, 0.15) is 10.7 Å². The summed E-state index contributed by atoms with van der Waals surface area (Å²) in [7, 11) is 0.903. The Balaban J connectivity index is 2.95. The van der Waals surface area contributed by atoms with Crippen molar-refractivity contribution >= 4 is 25.6 Å². The van der Waals surface area contributed by atoms with Gasteiger partial charge in [-0.2, -0.15) is 0 Å². The van der Waals surface area contributed by atoms with Crippen LogP contribution in [0.2, 0.25) is 0 Å². The summed E-state index contributed by atoms with van der Waals surface area (Å²) in [6.07, 6.45) is 0. The molecule has 21 heavy (non-hydrogen) atoms. The minimum Gasteiger partial charge on any atom is -0.351 e. The fourth-order valence-corrected chi connectivity index (χ4v) is 2.37. The molecule has 4 nitrogen and oxygen atoms in total. The van der Waals surface area contributed by atoms with E-state index in [9.17, 15) is 17.6 Å². The minimum absolute atomic E-state index is 0.0511. The molecule has 0 aliphatic rings. The Morgan fingerprint density at radius 3 is 2.43 bits per heavy atom. The smallest absolute Gasteiger partial charge is 0.264 e. The van der Waals surface area contributed by atoms with Gasteiger partial charge in [-0.15, -0.1) is 0 Å². The standard InChI is InChI=1S/C14H19ClFNO3S/c1-9(2)14(3,4)8-17-13(18)10-5-6-11(16)12(7-10)21(15,19)20/h5-7,9H,8H2,1-4H3,(H,17,18). The lowest BCUT2D eigenvalue weighted by Gasteiger charge is -2.29. The van der Waals surface area contributed by atoms with Crippen LogP contribution >= 0.6 is 10.7 Å². The van der Waals surface area contributed by atoms with Crippen LogP contribution in [0.4, 0.5) is 4.39 Å². The molecule has 0 saturated carbocycles. The first-order chi connectivity index (χ1) is 9.45. The maximum absolute atomic E-state index is 13.4. The van der Waals surface area contributed by atoms with E-state index in [-0.39, 0.29) is 11.0 Å². The van der Waals surface area contributed by atoms with Gasteiger partial charge in [-0.3, -0.25) is 4.79 Å². The molecule has 0 atom stereocenters. The van der Waals surface area contributed by atoms with Crippen molar-refractivity contribution < 1.29 is 17.6 Å². The molecule has 118 valence electrons. The second-order valence-electron chi connectivity index (χ2n) is 5.91. The third kappa shape index (κ3) is 4.68. The highest BCUT2D eigenvalue weighted by molar-refractivity contribution is 8.13. The summed E-state index contributed by atoms with van der Waals surface area (Å²) in [5.41, 5.74) is -0.0629. The summed E-state index contributed by atoms with van der Waals surface area (Å²) in [5, 5.41) is 2.72. The lowest BCUT2D eigenvalue weighted by atomic mass is 9.81. The van der Waals surface area contributed by atoms with Crippen molar-refractivity contribution in [2.75, 3.05) is 6.54 Å². The Kier molecular flexibility index (Phi) is 5.39. The Labute approximate surface area is 129 Å². The molecule has 1 aromatic carbocycles. The molecule has 0 spiro atoms. The van der Waals surface area contributed by atoms with Crippen LogP contribution in [-0.4, -0.2) is 20.9 Å². The van der Waals surface area contributed by atoms with Crippen molar-refractivity contribution in [2.45, 2.75) is 32.6 Å². The number of hydrogen-bond donors (Lipinski definition) is 1. The first-order valence-electron chi connectivity index (χ1n) is 6.47. The highest BCUT2D eigenvalue weighted by Crippen LogP contribution is 2.25. The molecule has 0 unspecified atom stereocenters. The average molecular weight is 336 g/mol. The molecule has 1 aromatic rings. The molecule has 7 heteroatoms. The summed E-state index contributed by atoms with van der Waals surface area (Å²) >= 11 is 0. The van der Waals surface area contributed by atoms with Crippen molar-refractivity contribution in [3.8, 4) is 0 Å². The van der Waals surface area contributed by atoms with E-state index in [0.717, 1.165) is 12.1 Å². The van der Waals surface area contributed by atoms with Gasteiger partial charge in [0.15, 0.2) is 0 Å². The van der Waals surface area contributed by atoms with Crippen LogP contribution in [0.25, 0.3) is 0 Å². The fourth-order valence-electron chi connectivity index (χ4n) is 1.45. The van der Waals surface area contributed by atoms with Gasteiger partial charge >= 0.3 is 0 Å². The molecule has 0 fully saturated rings. The molecule has 0 saturated heterocycles. The maximum Gasteiger partial charge on any atom is 0.264 e. The zero-order chi connectivity index (χ0) is 16.4. The fraction of sp³-hybridized carbons (Fsp3) is 0.500. The number of carbonyl (C=O) groups excluding carboxylic acids is 1. The largest absolute Gasteiger partial charge is 0.351 e. The van der Waals surface area contributed by atoms with Crippen molar-refractivity contribution in [3.05, 3.63) is 29.6 Å². The first-order valence-corrected chi connectivity index (χ1v) is 8.78. The Bertz CT molecular complexity index is 642. The molecule has 0 aliphatic carbocycles. The molecule has 0 aromatic heterocycles. The molecule has 0 bridgehead atoms. The van der Waals surface area contributed by atoms with Gasteiger partial charge in [0.25, 0.3) is 15.0 Å². The predicted molar refractivity (Wildman–Crippen MR) is 80.4 cm³/mol. The summed E-state index contributed by atoms with van der Waals surface area (Å²) in [6.45, 7) is 8.53. The minimum atomic E-state index is -4.23. The van der Waals surface area contributed by atoms with E-state index < -0.39 is 25.7 Å². The molecule has 1 amide bonds. The molecular weight excluding hydrogens is 317 g/mol. The van der Waals surface area contributed by atoms with E-state index >= 15 is 0 Å². The summed E-state index contributed by atoms with van der Waals surface area (Å²) in [5.74, 6) is -1.10. The highest BCUT2D eigenvalue weighted by Gasteiger charge is 2.24. The predicted octanol–water partition coefficient (Wildman–Crippen LogP) is 3.17. The van der Waals surface area contributed by atoms with E-state index in [0.29, 0.717) is 12.5 Å². The highest BCUT2D eigenvalue weighted by atomic mass is 35.7. The molecule has 0 aliphatic heterocycles. The molecule has 0 heterocycles. The average Bonchev–Trinajstić information content (AvgIpc) is 2.35. The van der Waals surface area contributed by atoms with Gasteiger partial charge in [-0.25, -0.2) is 12.8 Å². The van der Waals surface area contributed by atoms with E-state index in [1.165, 1.54) is 6.07 Å². The Morgan fingerprint density at radius 2 is 1.95 bits per heavy atom. The Morgan fingerprint density at radius 1 is 1.38 bits per heavy atom. The zero-order valence-electron chi connectivity index (χ0n) is 12.4. The van der Waals surface area contributed by atoms with Crippen LogP contribution in [0, 0.1) is 17.2 Å². The summed E-state index contributed by atoms with van der Waals surface area (Å²) in [6, 6.07) is 3.08. The van der Waals surface area contributed by atoms with Crippen LogP contribution < -0.4 is 5.32 Å². The van der Waals surface area contributed by atoms with Crippen LogP contribution in [0.1, 0.15) is 38.1 Å². The second-order valence-corrected chi connectivity index (χ2v) is 8.44. The number of nitrogens with one attached hydrogen (secondary N) is 1. The van der Waals surface area contributed by atoms with Gasteiger partial charge < -0.3 is 5.32 Å². The number of rotatable bonds is 5. The zero-order valence-corrected chi connectivity index (χ0v) is 14.0. The van der Waals surface area contributed by atoms with Crippen molar-refractivity contribution in [3.63, 3.8) is 0 Å². The number of benzene rings is 1. The number of carbonyl (C=O) groups is 1. The normalized spacial score (nSPS) is 12.5. The van der Waals surface area contributed by atoms with E-state index in [4.69, 9.17) is 10.7 Å². The van der Waals surface area contributed by atoms with Gasteiger partial charge in [0.05, 0.1) is 0 Å². The third-order valence-corrected chi connectivity index (χ3v) is 5.06. The van der Waals surface area contributed by atoms with Crippen LogP contribution in [-0.2, 0) is 9.05 Å². The van der Waals surface area contributed by atoms with Gasteiger partial charge in [-0.1, -0.05) is 27.7 Å². The van der Waals surface area contributed by atoms with E-state index in [1.54, 1.807) is 0 Å². The number of amides is 1. The molecule has 1 rings (SSSR count). The Hall–Kier alpha value is -1.14. The first kappa shape index (κ1) is 17.9.